The van der Waals surface area contributed by atoms with Gasteiger partial charge in [0.05, 0.1) is 0 Å². The van der Waals surface area contributed by atoms with Crippen molar-refractivity contribution >= 4 is 6.29 Å². The molecule has 1 atom stereocenters. The molecule has 0 aromatic heterocycles. The fraction of sp³-hybridized carbons (Fsp3) is 0.182. The van der Waals surface area contributed by atoms with Gasteiger partial charge in [-0.3, -0.25) is 4.79 Å². The van der Waals surface area contributed by atoms with Crippen LogP contribution in [-0.2, 0) is 0 Å². The molecule has 1 aromatic carbocycles. The molecule has 0 saturated heterocycles. The lowest BCUT2D eigenvalue weighted by Gasteiger charge is -1.94. The lowest BCUT2D eigenvalue weighted by atomic mass is 10.1. The molecule has 2 nitrogen and oxygen atoms in total. The number of aldehydes is 1. The summed E-state index contributed by atoms with van der Waals surface area (Å²) in [6.45, 7) is 1.58. The number of aliphatic hydroxyl groups excluding tert-OH is 1. The van der Waals surface area contributed by atoms with E-state index in [2.05, 4.69) is 11.8 Å². The van der Waals surface area contributed by atoms with Gasteiger partial charge in [0, 0.05) is 11.1 Å². The maximum atomic E-state index is 10.5. The quantitative estimate of drug-likeness (QED) is 0.513. The molecular formula is C11H10O2. The Morgan fingerprint density at radius 3 is 2.77 bits per heavy atom. The lowest BCUT2D eigenvalue weighted by Crippen LogP contribution is -1.93. The van der Waals surface area contributed by atoms with Crippen LogP contribution in [0.25, 0.3) is 0 Å². The van der Waals surface area contributed by atoms with Crippen LogP contribution in [0.3, 0.4) is 0 Å². The number of aliphatic hydroxyl groups is 1. The largest absolute Gasteiger partial charge is 0.381 e. The average molecular weight is 174 g/mol. The van der Waals surface area contributed by atoms with E-state index < -0.39 is 6.10 Å². The van der Waals surface area contributed by atoms with Gasteiger partial charge in [0.25, 0.3) is 0 Å². The molecule has 1 N–H and O–H groups in total. The minimum Gasteiger partial charge on any atom is -0.381 e. The van der Waals surface area contributed by atoms with Gasteiger partial charge >= 0.3 is 0 Å². The molecule has 66 valence electrons. The molecule has 1 rings (SSSR count). The van der Waals surface area contributed by atoms with E-state index in [4.69, 9.17) is 5.11 Å². The molecule has 0 spiro atoms. The number of carbonyl (C=O) groups is 1. The van der Waals surface area contributed by atoms with Gasteiger partial charge in [-0.25, -0.2) is 0 Å². The zero-order valence-electron chi connectivity index (χ0n) is 7.32. The summed E-state index contributed by atoms with van der Waals surface area (Å²) in [6.07, 6.45) is 0.0891. The second-order valence-corrected chi connectivity index (χ2v) is 2.65. The molecule has 0 bridgehead atoms. The summed E-state index contributed by atoms with van der Waals surface area (Å²) >= 11 is 0. The van der Waals surface area contributed by atoms with Gasteiger partial charge < -0.3 is 5.11 Å². The molecule has 0 aliphatic rings. The molecule has 13 heavy (non-hydrogen) atoms. The molecule has 0 amide bonds. The Morgan fingerprint density at radius 2 is 2.15 bits per heavy atom. The standard InChI is InChI=1S/C11H10O2/c1-9(13)6-7-10-4-2-3-5-11(10)8-12/h2-5,8-9,13H,1H3/t9-/m0/s1. The van der Waals surface area contributed by atoms with Crippen molar-refractivity contribution < 1.29 is 9.90 Å². The van der Waals surface area contributed by atoms with Crippen LogP contribution in [0.2, 0.25) is 0 Å². The zero-order valence-corrected chi connectivity index (χ0v) is 7.32. The van der Waals surface area contributed by atoms with Crippen molar-refractivity contribution in [3.63, 3.8) is 0 Å². The van der Waals surface area contributed by atoms with Crippen LogP contribution >= 0.6 is 0 Å². The van der Waals surface area contributed by atoms with E-state index in [0.29, 0.717) is 11.1 Å². The fourth-order valence-electron chi connectivity index (χ4n) is 0.896. The van der Waals surface area contributed by atoms with Crippen LogP contribution in [0.4, 0.5) is 0 Å². The maximum Gasteiger partial charge on any atom is 0.151 e. The van der Waals surface area contributed by atoms with E-state index in [0.717, 1.165) is 6.29 Å². The van der Waals surface area contributed by atoms with E-state index in [1.165, 1.54) is 0 Å². The molecule has 0 radical (unpaired) electrons. The SMILES string of the molecule is C[C@H](O)C#Cc1ccccc1C=O. The number of carbonyl (C=O) groups excluding carboxylic acids is 1. The number of hydrogen-bond donors (Lipinski definition) is 1. The first-order valence-corrected chi connectivity index (χ1v) is 3.98. The van der Waals surface area contributed by atoms with Crippen molar-refractivity contribution in [1.29, 1.82) is 0 Å². The monoisotopic (exact) mass is 174 g/mol. The Labute approximate surface area is 77.2 Å². The van der Waals surface area contributed by atoms with Crippen molar-refractivity contribution in [1.82, 2.24) is 0 Å². The van der Waals surface area contributed by atoms with Gasteiger partial charge in [-0.05, 0) is 13.0 Å². The number of benzene rings is 1. The lowest BCUT2D eigenvalue weighted by molar-refractivity contribution is 0.112. The Kier molecular flexibility index (Phi) is 3.24. The minimum atomic E-state index is -0.667. The minimum absolute atomic E-state index is 0.552. The molecule has 0 aliphatic heterocycles. The summed E-state index contributed by atoms with van der Waals surface area (Å²) in [4.78, 5) is 10.5. The summed E-state index contributed by atoms with van der Waals surface area (Å²) in [5.74, 6) is 5.32. The molecule has 0 heterocycles. The molecular weight excluding hydrogens is 164 g/mol. The molecule has 0 fully saturated rings. The second kappa shape index (κ2) is 4.44. The maximum absolute atomic E-state index is 10.5. The highest BCUT2D eigenvalue weighted by Crippen LogP contribution is 2.03. The van der Waals surface area contributed by atoms with E-state index in [9.17, 15) is 4.79 Å². The van der Waals surface area contributed by atoms with Gasteiger partial charge in [0.15, 0.2) is 6.29 Å². The first kappa shape index (κ1) is 9.50. The van der Waals surface area contributed by atoms with Gasteiger partial charge in [-0.2, -0.15) is 0 Å². The topological polar surface area (TPSA) is 37.3 Å². The predicted molar refractivity (Wildman–Crippen MR) is 50.4 cm³/mol. The molecule has 0 saturated carbocycles. The molecule has 2 heteroatoms. The highest BCUT2D eigenvalue weighted by molar-refractivity contribution is 5.79. The smallest absolute Gasteiger partial charge is 0.151 e. The third-order valence-corrected chi connectivity index (χ3v) is 1.50. The number of rotatable bonds is 1. The third kappa shape index (κ3) is 2.73. The highest BCUT2D eigenvalue weighted by atomic mass is 16.3. The zero-order chi connectivity index (χ0) is 9.68. The van der Waals surface area contributed by atoms with Crippen LogP contribution in [0, 0.1) is 11.8 Å². The van der Waals surface area contributed by atoms with Gasteiger partial charge in [0.2, 0.25) is 0 Å². The molecule has 0 aliphatic carbocycles. The first-order valence-electron chi connectivity index (χ1n) is 3.98. The average Bonchev–Trinajstić information content (AvgIpc) is 2.15. The van der Waals surface area contributed by atoms with Crippen molar-refractivity contribution in [3.8, 4) is 11.8 Å². The Morgan fingerprint density at radius 1 is 1.46 bits per heavy atom. The van der Waals surface area contributed by atoms with E-state index in [-0.39, 0.29) is 0 Å². The normalized spacial score (nSPS) is 11.2. The fourth-order valence-corrected chi connectivity index (χ4v) is 0.896. The van der Waals surface area contributed by atoms with Gasteiger partial charge in [0.1, 0.15) is 6.10 Å². The van der Waals surface area contributed by atoms with Crippen molar-refractivity contribution in [2.75, 3.05) is 0 Å². The second-order valence-electron chi connectivity index (χ2n) is 2.65. The van der Waals surface area contributed by atoms with E-state index in [1.807, 2.05) is 0 Å². The Balaban J connectivity index is 3.02. The summed E-state index contributed by atoms with van der Waals surface area (Å²) in [7, 11) is 0. The van der Waals surface area contributed by atoms with E-state index in [1.54, 1.807) is 31.2 Å². The number of hydrogen-bond acceptors (Lipinski definition) is 2. The summed E-state index contributed by atoms with van der Waals surface area (Å²) in [5.41, 5.74) is 1.20. The van der Waals surface area contributed by atoms with Crippen molar-refractivity contribution in [2.24, 2.45) is 0 Å². The Bertz CT molecular complexity index is 356. The van der Waals surface area contributed by atoms with Crippen LogP contribution in [0.15, 0.2) is 24.3 Å². The Hall–Kier alpha value is -1.59. The van der Waals surface area contributed by atoms with Crippen LogP contribution in [-0.4, -0.2) is 17.5 Å². The summed E-state index contributed by atoms with van der Waals surface area (Å²) in [6, 6.07) is 7.02. The van der Waals surface area contributed by atoms with E-state index >= 15 is 0 Å². The molecule has 0 unspecified atom stereocenters. The van der Waals surface area contributed by atoms with Crippen LogP contribution < -0.4 is 0 Å². The van der Waals surface area contributed by atoms with Crippen LogP contribution in [0.1, 0.15) is 22.8 Å². The first-order chi connectivity index (χ1) is 6.24. The van der Waals surface area contributed by atoms with Gasteiger partial charge in [-0.15, -0.1) is 0 Å². The molecule has 1 aromatic rings. The highest BCUT2D eigenvalue weighted by Gasteiger charge is 1.95. The van der Waals surface area contributed by atoms with Crippen molar-refractivity contribution in [2.45, 2.75) is 13.0 Å². The van der Waals surface area contributed by atoms with Crippen LogP contribution in [0.5, 0.6) is 0 Å². The van der Waals surface area contributed by atoms with Crippen molar-refractivity contribution in [3.05, 3.63) is 35.4 Å². The third-order valence-electron chi connectivity index (χ3n) is 1.50. The summed E-state index contributed by atoms with van der Waals surface area (Å²) in [5, 5.41) is 8.92. The van der Waals surface area contributed by atoms with Gasteiger partial charge in [-0.1, -0.05) is 30.0 Å². The predicted octanol–water partition coefficient (Wildman–Crippen LogP) is 1.23. The summed E-state index contributed by atoms with van der Waals surface area (Å²) < 4.78 is 0.